The second kappa shape index (κ2) is 5.32. The number of benzene rings is 2. The number of hydrogen-bond acceptors (Lipinski definition) is 1. The molecule has 0 aliphatic rings. The van der Waals surface area contributed by atoms with Crippen molar-refractivity contribution in [2.45, 2.75) is 25.7 Å². The van der Waals surface area contributed by atoms with E-state index in [1.54, 1.807) is 0 Å². The molecular weight excluding hydrogens is 225 g/mol. The van der Waals surface area contributed by atoms with E-state index in [9.17, 15) is 4.39 Å². The second-order valence-corrected chi connectivity index (χ2v) is 4.87. The summed E-state index contributed by atoms with van der Waals surface area (Å²) in [6.07, 6.45) is 0. The van der Waals surface area contributed by atoms with Crippen LogP contribution < -0.4 is 5.32 Å². The quantitative estimate of drug-likeness (QED) is 0.798. The third-order valence-corrected chi connectivity index (χ3v) is 2.75. The summed E-state index contributed by atoms with van der Waals surface area (Å²) in [7, 11) is 0. The van der Waals surface area contributed by atoms with Gasteiger partial charge in [0.05, 0.1) is 6.04 Å². The van der Waals surface area contributed by atoms with Crippen LogP contribution in [0.3, 0.4) is 0 Å². The van der Waals surface area contributed by atoms with Crippen LogP contribution in [-0.2, 0) is 0 Å². The molecular formula is C16H18FN. The predicted octanol–water partition coefficient (Wildman–Crippen LogP) is 4.07. The second-order valence-electron chi connectivity index (χ2n) is 4.87. The molecule has 0 unspecified atom stereocenters. The lowest BCUT2D eigenvalue weighted by atomic mass is 9.98. The number of halogens is 1. The molecule has 0 aliphatic carbocycles. The minimum absolute atomic E-state index is 0.132. The topological polar surface area (TPSA) is 12.0 Å². The minimum Gasteiger partial charge on any atom is -0.275 e. The zero-order chi connectivity index (χ0) is 13.0. The zero-order valence-corrected chi connectivity index (χ0v) is 10.7. The Bertz CT molecular complexity index is 434. The molecule has 94 valence electrons. The van der Waals surface area contributed by atoms with Gasteiger partial charge in [-0.2, -0.15) is 0 Å². The molecule has 0 atom stereocenters. The summed E-state index contributed by atoms with van der Waals surface area (Å²) in [5, 5.41) is 3.02. The van der Waals surface area contributed by atoms with Crippen LogP contribution in [0.25, 0.3) is 0 Å². The third kappa shape index (κ3) is 3.41. The van der Waals surface area contributed by atoms with Crippen molar-refractivity contribution in [2.24, 2.45) is 0 Å². The highest BCUT2D eigenvalue weighted by atomic mass is 19.1. The first kappa shape index (κ1) is 12.8. The fourth-order valence-corrected chi connectivity index (χ4v) is 1.99. The van der Waals surface area contributed by atoms with E-state index in [0.717, 1.165) is 11.1 Å². The van der Waals surface area contributed by atoms with Crippen LogP contribution in [-0.4, -0.2) is 5.79 Å². The molecule has 2 aromatic rings. The molecule has 0 spiro atoms. The summed E-state index contributed by atoms with van der Waals surface area (Å²) < 4.78 is 13.9. The molecule has 2 heteroatoms. The first-order chi connectivity index (χ1) is 8.56. The van der Waals surface area contributed by atoms with Crippen LogP contribution in [0.4, 0.5) is 4.39 Å². The molecule has 0 saturated carbocycles. The lowest BCUT2D eigenvalue weighted by Crippen LogP contribution is -2.38. The van der Waals surface area contributed by atoms with Crippen LogP contribution >= 0.6 is 0 Å². The molecule has 0 saturated heterocycles. The number of hydrogen-bond donors (Lipinski definition) is 1. The highest BCUT2D eigenvalue weighted by Gasteiger charge is 2.23. The molecule has 0 radical (unpaired) electrons. The monoisotopic (exact) mass is 243 g/mol. The van der Waals surface area contributed by atoms with E-state index in [0.29, 0.717) is 0 Å². The number of alkyl halides is 1. The molecule has 1 N–H and O–H groups in total. The summed E-state index contributed by atoms with van der Waals surface area (Å²) in [4.78, 5) is 0. The highest BCUT2D eigenvalue weighted by molar-refractivity contribution is 5.31. The van der Waals surface area contributed by atoms with Crippen molar-refractivity contribution >= 4 is 0 Å². The fraction of sp³-hybridized carbons (Fsp3) is 0.250. The highest BCUT2D eigenvalue weighted by Crippen LogP contribution is 2.24. The summed E-state index contributed by atoms with van der Waals surface area (Å²) in [6.45, 7) is 3.07. The van der Waals surface area contributed by atoms with Crippen LogP contribution in [0.1, 0.15) is 31.0 Å². The van der Waals surface area contributed by atoms with Gasteiger partial charge in [0, 0.05) is 0 Å². The summed E-state index contributed by atoms with van der Waals surface area (Å²) in [5.41, 5.74) is 2.13. The molecule has 2 rings (SSSR count). The van der Waals surface area contributed by atoms with Crippen LogP contribution in [0.15, 0.2) is 60.7 Å². The zero-order valence-electron chi connectivity index (χ0n) is 10.7. The largest absolute Gasteiger partial charge is 0.275 e. The van der Waals surface area contributed by atoms with Crippen molar-refractivity contribution in [2.75, 3.05) is 0 Å². The maximum absolute atomic E-state index is 13.9. The number of rotatable bonds is 4. The molecule has 0 heterocycles. The fourth-order valence-electron chi connectivity index (χ4n) is 1.99. The van der Waals surface area contributed by atoms with Crippen molar-refractivity contribution in [3.05, 3.63) is 71.8 Å². The third-order valence-electron chi connectivity index (χ3n) is 2.75. The molecule has 0 fully saturated rings. The Kier molecular flexibility index (Phi) is 3.78. The maximum Gasteiger partial charge on any atom is 0.156 e. The van der Waals surface area contributed by atoms with E-state index in [-0.39, 0.29) is 6.04 Å². The first-order valence-corrected chi connectivity index (χ1v) is 6.13. The Labute approximate surface area is 108 Å². The van der Waals surface area contributed by atoms with Gasteiger partial charge in [0.2, 0.25) is 0 Å². The summed E-state index contributed by atoms with van der Waals surface area (Å²) in [6, 6.07) is 19.7. The predicted molar refractivity (Wildman–Crippen MR) is 73.0 cm³/mol. The van der Waals surface area contributed by atoms with Gasteiger partial charge < -0.3 is 0 Å². The average Bonchev–Trinajstić information content (AvgIpc) is 2.37. The van der Waals surface area contributed by atoms with E-state index in [1.807, 2.05) is 60.7 Å². The van der Waals surface area contributed by atoms with Gasteiger partial charge in [-0.05, 0) is 25.0 Å². The van der Waals surface area contributed by atoms with Gasteiger partial charge in [0.25, 0.3) is 0 Å². The van der Waals surface area contributed by atoms with Gasteiger partial charge in [-0.1, -0.05) is 60.7 Å². The van der Waals surface area contributed by atoms with Gasteiger partial charge in [0.15, 0.2) is 5.79 Å². The Morgan fingerprint density at radius 1 is 0.833 bits per heavy atom. The van der Waals surface area contributed by atoms with Gasteiger partial charge in [-0.3, -0.25) is 5.32 Å². The van der Waals surface area contributed by atoms with Gasteiger partial charge >= 0.3 is 0 Å². The molecule has 0 amide bonds. The molecule has 18 heavy (non-hydrogen) atoms. The lowest BCUT2D eigenvalue weighted by Gasteiger charge is -2.26. The Morgan fingerprint density at radius 3 is 1.56 bits per heavy atom. The number of nitrogens with one attached hydrogen (secondary N) is 1. The molecule has 0 aliphatic heterocycles. The Morgan fingerprint density at radius 2 is 1.22 bits per heavy atom. The van der Waals surface area contributed by atoms with E-state index in [1.165, 1.54) is 13.8 Å². The van der Waals surface area contributed by atoms with E-state index >= 15 is 0 Å². The van der Waals surface area contributed by atoms with Crippen molar-refractivity contribution in [1.29, 1.82) is 0 Å². The molecule has 2 aromatic carbocycles. The lowest BCUT2D eigenvalue weighted by molar-refractivity contribution is 0.151. The van der Waals surface area contributed by atoms with Crippen molar-refractivity contribution in [3.63, 3.8) is 0 Å². The smallest absolute Gasteiger partial charge is 0.156 e. The van der Waals surface area contributed by atoms with Crippen LogP contribution in [0.2, 0.25) is 0 Å². The van der Waals surface area contributed by atoms with E-state index < -0.39 is 5.79 Å². The van der Waals surface area contributed by atoms with E-state index in [4.69, 9.17) is 0 Å². The SMILES string of the molecule is CC(C)(F)NC(c1ccccc1)c1ccccc1. The maximum atomic E-state index is 13.9. The van der Waals surface area contributed by atoms with E-state index in [2.05, 4.69) is 5.32 Å². The van der Waals surface area contributed by atoms with Gasteiger partial charge in [-0.25, -0.2) is 4.39 Å². The standard InChI is InChI=1S/C16H18FN/c1-16(2,17)18-15(13-9-5-3-6-10-13)14-11-7-4-8-12-14/h3-12,15,18H,1-2H3. The summed E-state index contributed by atoms with van der Waals surface area (Å²) in [5.74, 6) is -1.42. The Hall–Kier alpha value is -1.67. The minimum atomic E-state index is -1.42. The first-order valence-electron chi connectivity index (χ1n) is 6.13. The average molecular weight is 243 g/mol. The van der Waals surface area contributed by atoms with Crippen molar-refractivity contribution in [1.82, 2.24) is 5.32 Å². The van der Waals surface area contributed by atoms with Crippen molar-refractivity contribution < 1.29 is 4.39 Å². The van der Waals surface area contributed by atoms with Crippen molar-refractivity contribution in [3.8, 4) is 0 Å². The van der Waals surface area contributed by atoms with Gasteiger partial charge in [0.1, 0.15) is 0 Å². The van der Waals surface area contributed by atoms with Crippen LogP contribution in [0.5, 0.6) is 0 Å². The molecule has 0 bridgehead atoms. The normalized spacial score (nSPS) is 11.8. The summed E-state index contributed by atoms with van der Waals surface area (Å²) >= 11 is 0. The molecule has 1 nitrogen and oxygen atoms in total. The van der Waals surface area contributed by atoms with Gasteiger partial charge in [-0.15, -0.1) is 0 Å². The molecule has 0 aromatic heterocycles. The van der Waals surface area contributed by atoms with Crippen LogP contribution in [0, 0.1) is 0 Å². The Balaban J connectivity index is 2.36.